The van der Waals surface area contributed by atoms with Crippen molar-refractivity contribution in [1.82, 2.24) is 10.2 Å². The molecule has 3 rings (SSSR count). The Labute approximate surface area is 117 Å². The van der Waals surface area contributed by atoms with E-state index in [-0.39, 0.29) is 5.91 Å². The zero-order chi connectivity index (χ0) is 13.8. The molecule has 4 heteroatoms. The normalized spacial score (nSPS) is 31.5. The lowest BCUT2D eigenvalue weighted by Gasteiger charge is -2.45. The highest BCUT2D eigenvalue weighted by Crippen LogP contribution is 2.27. The molecule has 0 aromatic carbocycles. The molecule has 0 aliphatic carbocycles. The van der Waals surface area contributed by atoms with Crippen LogP contribution in [0.3, 0.4) is 0 Å². The van der Waals surface area contributed by atoms with Crippen LogP contribution in [0.1, 0.15) is 39.5 Å². The lowest BCUT2D eigenvalue weighted by atomic mass is 9.84. The standard InChI is InChI=1S/C15H29N3O/c1-11(2)7-12(9-16)8-15(19)17-14-10-18-5-3-13(14)4-6-18/h11-14H,3-10,16H2,1-2H3,(H,17,19). The maximum Gasteiger partial charge on any atom is 0.220 e. The number of carbonyl (C=O) groups is 1. The number of nitrogens with two attached hydrogens (primary N) is 1. The molecule has 0 radical (unpaired) electrons. The molecular formula is C15H29N3O. The van der Waals surface area contributed by atoms with Gasteiger partial charge in [-0.2, -0.15) is 0 Å². The molecule has 110 valence electrons. The molecule has 3 aliphatic heterocycles. The highest BCUT2D eigenvalue weighted by Gasteiger charge is 2.34. The molecule has 0 aromatic rings. The number of hydrogen-bond acceptors (Lipinski definition) is 3. The van der Waals surface area contributed by atoms with Gasteiger partial charge in [-0.05, 0) is 56.7 Å². The Hall–Kier alpha value is -0.610. The van der Waals surface area contributed by atoms with Crippen molar-refractivity contribution in [3.8, 4) is 0 Å². The first-order valence-electron chi connectivity index (χ1n) is 7.80. The van der Waals surface area contributed by atoms with E-state index in [0.29, 0.717) is 36.8 Å². The Kier molecular flexibility index (Phi) is 5.22. The van der Waals surface area contributed by atoms with E-state index in [1.54, 1.807) is 0 Å². The van der Waals surface area contributed by atoms with Gasteiger partial charge in [-0.3, -0.25) is 4.79 Å². The van der Waals surface area contributed by atoms with Gasteiger partial charge in [0.25, 0.3) is 0 Å². The topological polar surface area (TPSA) is 58.4 Å². The molecule has 3 N–H and O–H groups in total. The van der Waals surface area contributed by atoms with Crippen molar-refractivity contribution in [2.75, 3.05) is 26.2 Å². The molecule has 3 saturated heterocycles. The second-order valence-electron chi connectivity index (χ2n) is 6.75. The van der Waals surface area contributed by atoms with Crippen LogP contribution >= 0.6 is 0 Å². The minimum atomic E-state index is 0.204. The summed E-state index contributed by atoms with van der Waals surface area (Å²) in [7, 11) is 0. The van der Waals surface area contributed by atoms with Gasteiger partial charge in [-0.1, -0.05) is 13.8 Å². The number of nitrogens with zero attached hydrogens (tertiary/aromatic N) is 1. The van der Waals surface area contributed by atoms with Crippen LogP contribution < -0.4 is 11.1 Å². The molecule has 0 aromatic heterocycles. The van der Waals surface area contributed by atoms with Crippen molar-refractivity contribution >= 4 is 5.91 Å². The Morgan fingerprint density at radius 1 is 1.37 bits per heavy atom. The third kappa shape index (κ3) is 4.18. The van der Waals surface area contributed by atoms with Gasteiger partial charge in [-0.15, -0.1) is 0 Å². The van der Waals surface area contributed by atoms with E-state index >= 15 is 0 Å². The number of amides is 1. The van der Waals surface area contributed by atoms with Crippen LogP contribution in [0.4, 0.5) is 0 Å². The van der Waals surface area contributed by atoms with Gasteiger partial charge < -0.3 is 16.0 Å². The number of fused-ring (bicyclic) bond motifs is 3. The first-order valence-corrected chi connectivity index (χ1v) is 7.80. The fraction of sp³-hybridized carbons (Fsp3) is 0.933. The monoisotopic (exact) mass is 267 g/mol. The highest BCUT2D eigenvalue weighted by atomic mass is 16.1. The number of rotatable bonds is 6. The molecule has 2 atom stereocenters. The first-order chi connectivity index (χ1) is 9.08. The summed E-state index contributed by atoms with van der Waals surface area (Å²) < 4.78 is 0. The van der Waals surface area contributed by atoms with Gasteiger partial charge in [0.1, 0.15) is 0 Å². The highest BCUT2D eigenvalue weighted by molar-refractivity contribution is 5.76. The van der Waals surface area contributed by atoms with E-state index in [4.69, 9.17) is 5.73 Å². The summed E-state index contributed by atoms with van der Waals surface area (Å²) in [6.45, 7) is 8.48. The summed E-state index contributed by atoms with van der Waals surface area (Å²) >= 11 is 0. The third-order valence-corrected chi connectivity index (χ3v) is 4.61. The number of nitrogens with one attached hydrogen (secondary N) is 1. The number of hydrogen-bond donors (Lipinski definition) is 2. The summed E-state index contributed by atoms with van der Waals surface area (Å²) in [5, 5.41) is 3.25. The second-order valence-corrected chi connectivity index (χ2v) is 6.75. The van der Waals surface area contributed by atoms with Crippen LogP contribution in [0.15, 0.2) is 0 Å². The Balaban J connectivity index is 1.77. The SMILES string of the molecule is CC(C)CC(CN)CC(=O)NC1CN2CCC1CC2. The van der Waals surface area contributed by atoms with Crippen LogP contribution in [0.2, 0.25) is 0 Å². The average molecular weight is 267 g/mol. The maximum absolute atomic E-state index is 12.2. The van der Waals surface area contributed by atoms with E-state index in [1.807, 2.05) is 0 Å². The Morgan fingerprint density at radius 2 is 2.05 bits per heavy atom. The van der Waals surface area contributed by atoms with Crippen LogP contribution in [0.5, 0.6) is 0 Å². The number of piperidine rings is 3. The minimum Gasteiger partial charge on any atom is -0.352 e. The molecule has 2 unspecified atom stereocenters. The zero-order valence-corrected chi connectivity index (χ0v) is 12.4. The van der Waals surface area contributed by atoms with Crippen molar-refractivity contribution in [3.63, 3.8) is 0 Å². The van der Waals surface area contributed by atoms with Crippen LogP contribution in [0, 0.1) is 17.8 Å². The molecule has 1 amide bonds. The van der Waals surface area contributed by atoms with E-state index < -0.39 is 0 Å². The van der Waals surface area contributed by atoms with Gasteiger partial charge in [0.2, 0.25) is 5.91 Å². The van der Waals surface area contributed by atoms with Crippen LogP contribution in [-0.2, 0) is 4.79 Å². The molecule has 0 spiro atoms. The largest absolute Gasteiger partial charge is 0.352 e. The lowest BCUT2D eigenvalue weighted by Crippen LogP contribution is -2.57. The molecule has 4 nitrogen and oxygen atoms in total. The van der Waals surface area contributed by atoms with Gasteiger partial charge in [0, 0.05) is 19.0 Å². The van der Waals surface area contributed by atoms with Crippen molar-refractivity contribution in [2.24, 2.45) is 23.5 Å². The summed E-state index contributed by atoms with van der Waals surface area (Å²) in [4.78, 5) is 14.6. The van der Waals surface area contributed by atoms with Crippen LogP contribution in [0.25, 0.3) is 0 Å². The predicted molar refractivity (Wildman–Crippen MR) is 77.7 cm³/mol. The molecule has 2 bridgehead atoms. The van der Waals surface area contributed by atoms with Gasteiger partial charge in [-0.25, -0.2) is 0 Å². The Morgan fingerprint density at radius 3 is 2.53 bits per heavy atom. The summed E-state index contributed by atoms with van der Waals surface area (Å²) in [6, 6.07) is 0.382. The maximum atomic E-state index is 12.2. The summed E-state index contributed by atoms with van der Waals surface area (Å²) in [5.74, 6) is 1.85. The van der Waals surface area contributed by atoms with E-state index in [9.17, 15) is 4.79 Å². The fourth-order valence-corrected chi connectivity index (χ4v) is 3.59. The molecule has 3 heterocycles. The van der Waals surface area contributed by atoms with Crippen molar-refractivity contribution < 1.29 is 4.79 Å². The third-order valence-electron chi connectivity index (χ3n) is 4.61. The van der Waals surface area contributed by atoms with Crippen molar-refractivity contribution in [1.29, 1.82) is 0 Å². The summed E-state index contributed by atoms with van der Waals surface area (Å²) in [6.07, 6.45) is 4.14. The lowest BCUT2D eigenvalue weighted by molar-refractivity contribution is -0.124. The quantitative estimate of drug-likeness (QED) is 0.760. The molecule has 0 saturated carbocycles. The summed E-state index contributed by atoms with van der Waals surface area (Å²) in [5.41, 5.74) is 5.77. The Bertz CT molecular complexity index is 298. The van der Waals surface area contributed by atoms with Gasteiger partial charge in [0.05, 0.1) is 0 Å². The minimum absolute atomic E-state index is 0.204. The molecular weight excluding hydrogens is 238 g/mol. The van der Waals surface area contributed by atoms with Crippen molar-refractivity contribution in [3.05, 3.63) is 0 Å². The zero-order valence-electron chi connectivity index (χ0n) is 12.4. The number of carbonyl (C=O) groups excluding carboxylic acids is 1. The van der Waals surface area contributed by atoms with Gasteiger partial charge in [0.15, 0.2) is 0 Å². The predicted octanol–water partition coefficient (Wildman–Crippen LogP) is 1.21. The van der Waals surface area contributed by atoms with E-state index in [0.717, 1.165) is 13.0 Å². The van der Waals surface area contributed by atoms with E-state index in [1.165, 1.54) is 25.9 Å². The van der Waals surface area contributed by atoms with Crippen molar-refractivity contribution in [2.45, 2.75) is 45.6 Å². The average Bonchev–Trinajstić information content (AvgIpc) is 2.38. The fourth-order valence-electron chi connectivity index (χ4n) is 3.59. The molecule has 3 fully saturated rings. The van der Waals surface area contributed by atoms with Gasteiger partial charge >= 0.3 is 0 Å². The second kappa shape index (κ2) is 6.71. The molecule has 3 aliphatic rings. The molecule has 19 heavy (non-hydrogen) atoms. The first kappa shape index (κ1) is 14.8. The van der Waals surface area contributed by atoms with Crippen LogP contribution in [-0.4, -0.2) is 43.0 Å². The smallest absolute Gasteiger partial charge is 0.220 e. The van der Waals surface area contributed by atoms with E-state index in [2.05, 4.69) is 24.1 Å².